The average molecular weight is 176 g/mol. The SMILES string of the molecule is CCOC1C(C)OCC(O)C1O. The van der Waals surface area contributed by atoms with Crippen LogP contribution in [-0.2, 0) is 9.47 Å². The first-order valence-corrected chi connectivity index (χ1v) is 4.26. The van der Waals surface area contributed by atoms with Gasteiger partial charge < -0.3 is 19.7 Å². The van der Waals surface area contributed by atoms with Gasteiger partial charge in [0.15, 0.2) is 0 Å². The van der Waals surface area contributed by atoms with Gasteiger partial charge in [0.1, 0.15) is 18.3 Å². The molecule has 0 bridgehead atoms. The molecule has 0 aromatic carbocycles. The van der Waals surface area contributed by atoms with Crippen LogP contribution in [0.5, 0.6) is 0 Å². The van der Waals surface area contributed by atoms with Crippen molar-refractivity contribution in [2.45, 2.75) is 38.3 Å². The number of aliphatic hydroxyl groups is 2. The van der Waals surface area contributed by atoms with Crippen molar-refractivity contribution in [1.29, 1.82) is 0 Å². The van der Waals surface area contributed by atoms with Gasteiger partial charge in [0, 0.05) is 6.61 Å². The van der Waals surface area contributed by atoms with Crippen LogP contribution in [0, 0.1) is 0 Å². The molecule has 1 aliphatic rings. The zero-order chi connectivity index (χ0) is 9.14. The van der Waals surface area contributed by atoms with E-state index in [1.165, 1.54) is 0 Å². The fraction of sp³-hybridized carbons (Fsp3) is 1.00. The van der Waals surface area contributed by atoms with Gasteiger partial charge >= 0.3 is 0 Å². The van der Waals surface area contributed by atoms with E-state index in [2.05, 4.69) is 0 Å². The lowest BCUT2D eigenvalue weighted by molar-refractivity contribution is -0.197. The first-order valence-electron chi connectivity index (χ1n) is 4.26. The third-order valence-electron chi connectivity index (χ3n) is 2.08. The lowest BCUT2D eigenvalue weighted by Crippen LogP contribution is -2.53. The second kappa shape index (κ2) is 4.18. The van der Waals surface area contributed by atoms with Crippen LogP contribution in [0.25, 0.3) is 0 Å². The Balaban J connectivity index is 2.52. The standard InChI is InChI=1S/C8H16O4/c1-3-11-8-5(2)12-4-6(9)7(8)10/h5-10H,3-4H2,1-2H3. The van der Waals surface area contributed by atoms with Crippen LogP contribution in [0.3, 0.4) is 0 Å². The molecule has 1 heterocycles. The van der Waals surface area contributed by atoms with Gasteiger partial charge in [0.05, 0.1) is 12.7 Å². The van der Waals surface area contributed by atoms with E-state index in [-0.39, 0.29) is 12.7 Å². The van der Waals surface area contributed by atoms with E-state index in [0.29, 0.717) is 6.61 Å². The summed E-state index contributed by atoms with van der Waals surface area (Å²) in [6.07, 6.45) is -2.20. The van der Waals surface area contributed by atoms with Crippen LogP contribution in [-0.4, -0.2) is 47.8 Å². The molecule has 0 saturated carbocycles. The summed E-state index contributed by atoms with van der Waals surface area (Å²) in [5.74, 6) is 0. The summed E-state index contributed by atoms with van der Waals surface area (Å²) in [7, 11) is 0. The maximum Gasteiger partial charge on any atom is 0.112 e. The summed E-state index contributed by atoms with van der Waals surface area (Å²) in [4.78, 5) is 0. The van der Waals surface area contributed by atoms with Crippen LogP contribution >= 0.6 is 0 Å². The van der Waals surface area contributed by atoms with E-state index in [4.69, 9.17) is 9.47 Å². The lowest BCUT2D eigenvalue weighted by Gasteiger charge is -2.36. The second-order valence-corrected chi connectivity index (χ2v) is 3.02. The predicted octanol–water partition coefficient (Wildman–Crippen LogP) is -0.468. The Kier molecular flexibility index (Phi) is 3.46. The van der Waals surface area contributed by atoms with E-state index < -0.39 is 18.3 Å². The highest BCUT2D eigenvalue weighted by molar-refractivity contribution is 4.85. The van der Waals surface area contributed by atoms with Crippen molar-refractivity contribution in [3.05, 3.63) is 0 Å². The van der Waals surface area contributed by atoms with Crippen molar-refractivity contribution in [2.75, 3.05) is 13.2 Å². The van der Waals surface area contributed by atoms with Gasteiger partial charge in [-0.15, -0.1) is 0 Å². The molecule has 1 rings (SSSR count). The number of aliphatic hydroxyl groups excluding tert-OH is 2. The van der Waals surface area contributed by atoms with Crippen LogP contribution < -0.4 is 0 Å². The molecule has 0 aromatic heterocycles. The van der Waals surface area contributed by atoms with Crippen LogP contribution in [0.1, 0.15) is 13.8 Å². The highest BCUT2D eigenvalue weighted by atomic mass is 16.6. The fourth-order valence-corrected chi connectivity index (χ4v) is 1.37. The van der Waals surface area contributed by atoms with Crippen molar-refractivity contribution >= 4 is 0 Å². The zero-order valence-electron chi connectivity index (χ0n) is 7.43. The average Bonchev–Trinajstić information content (AvgIpc) is 2.06. The molecular weight excluding hydrogens is 160 g/mol. The minimum absolute atomic E-state index is 0.150. The molecular formula is C8H16O4. The molecule has 4 nitrogen and oxygen atoms in total. The summed E-state index contributed by atoms with van der Waals surface area (Å²) in [5, 5.41) is 18.7. The summed E-state index contributed by atoms with van der Waals surface area (Å²) >= 11 is 0. The van der Waals surface area contributed by atoms with Gasteiger partial charge in [-0.3, -0.25) is 0 Å². The highest BCUT2D eigenvalue weighted by Crippen LogP contribution is 2.17. The molecule has 2 N–H and O–H groups in total. The molecule has 0 aromatic rings. The Labute approximate surface area is 72.1 Å². The Hall–Kier alpha value is -0.160. The molecule has 4 atom stereocenters. The number of ether oxygens (including phenoxy) is 2. The Bertz CT molecular complexity index is 139. The number of hydrogen-bond donors (Lipinski definition) is 2. The van der Waals surface area contributed by atoms with Gasteiger partial charge in [-0.05, 0) is 13.8 Å². The largest absolute Gasteiger partial charge is 0.388 e. The normalized spacial score (nSPS) is 43.0. The van der Waals surface area contributed by atoms with Crippen LogP contribution in [0.2, 0.25) is 0 Å². The fourth-order valence-electron chi connectivity index (χ4n) is 1.37. The molecule has 12 heavy (non-hydrogen) atoms. The minimum atomic E-state index is -0.825. The highest BCUT2D eigenvalue weighted by Gasteiger charge is 2.36. The van der Waals surface area contributed by atoms with E-state index in [0.717, 1.165) is 0 Å². The molecule has 4 unspecified atom stereocenters. The van der Waals surface area contributed by atoms with Gasteiger partial charge in [-0.1, -0.05) is 0 Å². The van der Waals surface area contributed by atoms with E-state index in [1.54, 1.807) is 0 Å². The molecule has 72 valence electrons. The molecule has 0 amide bonds. The van der Waals surface area contributed by atoms with Crippen molar-refractivity contribution in [2.24, 2.45) is 0 Å². The Morgan fingerprint density at radius 1 is 1.50 bits per heavy atom. The van der Waals surface area contributed by atoms with Gasteiger partial charge in [-0.25, -0.2) is 0 Å². The summed E-state index contributed by atoms with van der Waals surface area (Å²) in [6.45, 7) is 4.38. The molecule has 4 heteroatoms. The smallest absolute Gasteiger partial charge is 0.112 e. The number of rotatable bonds is 2. The maximum absolute atomic E-state index is 9.48. The monoisotopic (exact) mass is 176 g/mol. The first-order chi connectivity index (χ1) is 5.66. The zero-order valence-corrected chi connectivity index (χ0v) is 7.43. The van der Waals surface area contributed by atoms with Crippen molar-refractivity contribution in [3.63, 3.8) is 0 Å². The topological polar surface area (TPSA) is 58.9 Å². The Morgan fingerprint density at radius 3 is 2.75 bits per heavy atom. The summed E-state index contributed by atoms with van der Waals surface area (Å²) in [5.41, 5.74) is 0. The summed E-state index contributed by atoms with van der Waals surface area (Å²) in [6, 6.07) is 0. The van der Waals surface area contributed by atoms with Crippen molar-refractivity contribution in [1.82, 2.24) is 0 Å². The van der Waals surface area contributed by atoms with Crippen LogP contribution in [0.4, 0.5) is 0 Å². The molecule has 0 radical (unpaired) electrons. The van der Waals surface area contributed by atoms with Crippen LogP contribution in [0.15, 0.2) is 0 Å². The van der Waals surface area contributed by atoms with Gasteiger partial charge in [-0.2, -0.15) is 0 Å². The molecule has 0 aliphatic carbocycles. The molecule has 1 saturated heterocycles. The lowest BCUT2D eigenvalue weighted by atomic mass is 10.0. The van der Waals surface area contributed by atoms with E-state index >= 15 is 0 Å². The van der Waals surface area contributed by atoms with E-state index in [1.807, 2.05) is 13.8 Å². The third-order valence-corrected chi connectivity index (χ3v) is 2.08. The summed E-state index contributed by atoms with van der Waals surface area (Å²) < 4.78 is 10.4. The predicted molar refractivity (Wildman–Crippen MR) is 42.8 cm³/mol. The van der Waals surface area contributed by atoms with Crippen molar-refractivity contribution < 1.29 is 19.7 Å². The first kappa shape index (κ1) is 9.92. The van der Waals surface area contributed by atoms with Gasteiger partial charge in [0.2, 0.25) is 0 Å². The quantitative estimate of drug-likeness (QED) is 0.597. The van der Waals surface area contributed by atoms with Crippen molar-refractivity contribution in [3.8, 4) is 0 Å². The number of hydrogen-bond acceptors (Lipinski definition) is 4. The minimum Gasteiger partial charge on any atom is -0.388 e. The van der Waals surface area contributed by atoms with E-state index in [9.17, 15) is 10.2 Å². The third kappa shape index (κ3) is 1.95. The molecule has 0 spiro atoms. The maximum atomic E-state index is 9.48. The van der Waals surface area contributed by atoms with Gasteiger partial charge in [0.25, 0.3) is 0 Å². The second-order valence-electron chi connectivity index (χ2n) is 3.02. The molecule has 1 fully saturated rings. The molecule has 1 aliphatic heterocycles. The Morgan fingerprint density at radius 2 is 2.17 bits per heavy atom.